The third kappa shape index (κ3) is 4.60. The molecule has 0 aliphatic carbocycles. The highest BCUT2D eigenvalue weighted by Gasteiger charge is 2.10. The molecule has 0 radical (unpaired) electrons. The molecule has 0 saturated carbocycles. The van der Waals surface area contributed by atoms with Crippen LogP contribution in [0.2, 0.25) is 0 Å². The van der Waals surface area contributed by atoms with Gasteiger partial charge in [-0.15, -0.1) is 11.6 Å². The number of nitrogens with zero attached hydrogens (tertiary/aromatic N) is 1. The molecule has 0 amide bonds. The zero-order chi connectivity index (χ0) is 15.1. The van der Waals surface area contributed by atoms with Crippen LogP contribution in [-0.2, 0) is 5.88 Å². The first kappa shape index (κ1) is 16.1. The smallest absolute Gasteiger partial charge is 0.130 e. The van der Waals surface area contributed by atoms with Crippen LogP contribution in [0, 0.1) is 0 Å². The topological polar surface area (TPSA) is 22.1 Å². The number of hydrogen-bond acceptors (Lipinski definition) is 2. The second kappa shape index (κ2) is 8.23. The van der Waals surface area contributed by atoms with Crippen molar-refractivity contribution in [2.24, 2.45) is 0 Å². The molecule has 21 heavy (non-hydrogen) atoms. The molecule has 1 aromatic heterocycles. The normalized spacial score (nSPS) is 12.5. The van der Waals surface area contributed by atoms with Crippen LogP contribution in [0.1, 0.15) is 51.6 Å². The van der Waals surface area contributed by atoms with E-state index in [1.807, 2.05) is 24.3 Å². The van der Waals surface area contributed by atoms with Crippen LogP contribution in [0.5, 0.6) is 5.75 Å². The highest BCUT2D eigenvalue weighted by Crippen LogP contribution is 2.27. The molecule has 3 heteroatoms. The van der Waals surface area contributed by atoms with E-state index >= 15 is 0 Å². The van der Waals surface area contributed by atoms with Crippen LogP contribution in [0.4, 0.5) is 0 Å². The second-order valence-electron chi connectivity index (χ2n) is 5.54. The molecule has 0 aliphatic heterocycles. The van der Waals surface area contributed by atoms with E-state index < -0.39 is 0 Å². The molecule has 0 saturated heterocycles. The lowest BCUT2D eigenvalue weighted by molar-refractivity contribution is 0.209. The van der Waals surface area contributed by atoms with E-state index in [0.717, 1.165) is 28.8 Å². The number of aromatic nitrogens is 1. The third-order valence-electron chi connectivity index (χ3n) is 3.66. The Balaban J connectivity index is 2.09. The number of benzene rings is 1. The van der Waals surface area contributed by atoms with Crippen molar-refractivity contribution in [1.29, 1.82) is 0 Å². The van der Waals surface area contributed by atoms with Gasteiger partial charge in [0, 0.05) is 11.5 Å². The van der Waals surface area contributed by atoms with Crippen molar-refractivity contribution in [1.82, 2.24) is 4.98 Å². The minimum absolute atomic E-state index is 0.218. The van der Waals surface area contributed by atoms with Gasteiger partial charge in [0.25, 0.3) is 0 Å². The number of para-hydroxylation sites is 1. The fourth-order valence-corrected chi connectivity index (χ4v) is 2.63. The first-order valence-corrected chi connectivity index (χ1v) is 8.39. The summed E-state index contributed by atoms with van der Waals surface area (Å²) in [6.45, 7) is 4.37. The van der Waals surface area contributed by atoms with Crippen LogP contribution in [0.25, 0.3) is 10.9 Å². The SMILES string of the molecule is CCCCCCC(C)Oc1cc(CCl)nc2ccccc12. The molecule has 1 aromatic carbocycles. The fraction of sp³-hybridized carbons (Fsp3) is 0.500. The van der Waals surface area contributed by atoms with Crippen LogP contribution in [-0.4, -0.2) is 11.1 Å². The Morgan fingerprint density at radius 2 is 2.00 bits per heavy atom. The lowest BCUT2D eigenvalue weighted by Gasteiger charge is -2.17. The molecular weight excluding hydrogens is 282 g/mol. The summed E-state index contributed by atoms with van der Waals surface area (Å²) in [4.78, 5) is 4.54. The number of fused-ring (bicyclic) bond motifs is 1. The monoisotopic (exact) mass is 305 g/mol. The lowest BCUT2D eigenvalue weighted by Crippen LogP contribution is -2.12. The fourth-order valence-electron chi connectivity index (χ4n) is 2.50. The number of pyridine rings is 1. The Hall–Kier alpha value is -1.28. The summed E-state index contributed by atoms with van der Waals surface area (Å²) in [5, 5.41) is 1.06. The number of ether oxygens (including phenoxy) is 1. The number of halogens is 1. The van der Waals surface area contributed by atoms with E-state index in [0.29, 0.717) is 5.88 Å². The van der Waals surface area contributed by atoms with Gasteiger partial charge in [-0.3, -0.25) is 4.98 Å². The first-order chi connectivity index (χ1) is 10.2. The molecule has 0 spiro atoms. The number of rotatable bonds is 8. The van der Waals surface area contributed by atoms with Crippen molar-refractivity contribution < 1.29 is 4.74 Å². The van der Waals surface area contributed by atoms with E-state index in [9.17, 15) is 0 Å². The van der Waals surface area contributed by atoms with Crippen molar-refractivity contribution in [3.63, 3.8) is 0 Å². The molecule has 0 N–H and O–H groups in total. The summed E-state index contributed by atoms with van der Waals surface area (Å²) < 4.78 is 6.15. The zero-order valence-electron chi connectivity index (χ0n) is 12.9. The van der Waals surface area contributed by atoms with Crippen LogP contribution in [0.15, 0.2) is 30.3 Å². The Bertz CT molecular complexity index is 570. The second-order valence-corrected chi connectivity index (χ2v) is 5.81. The van der Waals surface area contributed by atoms with E-state index in [-0.39, 0.29) is 6.10 Å². The maximum absolute atomic E-state index is 6.15. The van der Waals surface area contributed by atoms with Crippen molar-refractivity contribution in [2.45, 2.75) is 57.9 Å². The quantitative estimate of drug-likeness (QED) is 0.460. The standard InChI is InChI=1S/C18H24ClNO/c1-3-4-5-6-9-14(2)21-18-12-15(13-19)20-17-11-8-7-10-16(17)18/h7-8,10-12,14H,3-6,9,13H2,1-2H3. The number of hydrogen-bond donors (Lipinski definition) is 0. The Morgan fingerprint density at radius 3 is 2.76 bits per heavy atom. The van der Waals surface area contributed by atoms with E-state index in [4.69, 9.17) is 16.3 Å². The highest BCUT2D eigenvalue weighted by atomic mass is 35.5. The zero-order valence-corrected chi connectivity index (χ0v) is 13.7. The van der Waals surface area contributed by atoms with Crippen molar-refractivity contribution in [3.8, 4) is 5.75 Å². The highest BCUT2D eigenvalue weighted by molar-refractivity contribution is 6.17. The van der Waals surface area contributed by atoms with E-state index in [2.05, 4.69) is 24.9 Å². The number of unbranched alkanes of at least 4 members (excludes halogenated alkanes) is 3. The van der Waals surface area contributed by atoms with Crippen molar-refractivity contribution in [2.75, 3.05) is 0 Å². The molecule has 0 bridgehead atoms. The predicted octanol–water partition coefficient (Wildman–Crippen LogP) is 5.71. The van der Waals surface area contributed by atoms with Gasteiger partial charge < -0.3 is 4.74 Å². The van der Waals surface area contributed by atoms with E-state index in [1.165, 1.54) is 25.7 Å². The van der Waals surface area contributed by atoms with Gasteiger partial charge in [-0.2, -0.15) is 0 Å². The molecule has 1 unspecified atom stereocenters. The van der Waals surface area contributed by atoms with Crippen LogP contribution in [0.3, 0.4) is 0 Å². The van der Waals surface area contributed by atoms with Gasteiger partial charge in [0.15, 0.2) is 0 Å². The average molecular weight is 306 g/mol. The van der Waals surface area contributed by atoms with Gasteiger partial charge in [-0.1, -0.05) is 38.3 Å². The summed E-state index contributed by atoms with van der Waals surface area (Å²) in [6, 6.07) is 10.0. The van der Waals surface area contributed by atoms with Crippen LogP contribution < -0.4 is 4.74 Å². The van der Waals surface area contributed by atoms with Gasteiger partial charge in [0.1, 0.15) is 5.75 Å². The van der Waals surface area contributed by atoms with Gasteiger partial charge in [0.05, 0.1) is 23.2 Å². The van der Waals surface area contributed by atoms with Gasteiger partial charge in [0.2, 0.25) is 0 Å². The van der Waals surface area contributed by atoms with Gasteiger partial charge >= 0.3 is 0 Å². The molecule has 0 aliphatic rings. The summed E-state index contributed by atoms with van der Waals surface area (Å²) in [6.07, 6.45) is 6.39. The molecule has 1 heterocycles. The summed E-state index contributed by atoms with van der Waals surface area (Å²) in [5.74, 6) is 1.31. The minimum Gasteiger partial charge on any atom is -0.490 e. The lowest BCUT2D eigenvalue weighted by atomic mass is 10.1. The summed E-state index contributed by atoms with van der Waals surface area (Å²) in [5.41, 5.74) is 1.81. The molecule has 2 rings (SSSR count). The number of alkyl halides is 1. The summed E-state index contributed by atoms with van der Waals surface area (Å²) in [7, 11) is 0. The van der Waals surface area contributed by atoms with Crippen molar-refractivity contribution >= 4 is 22.5 Å². The Morgan fingerprint density at radius 1 is 1.19 bits per heavy atom. The molecule has 1 atom stereocenters. The van der Waals surface area contributed by atoms with Gasteiger partial charge in [-0.05, 0) is 31.9 Å². The van der Waals surface area contributed by atoms with Gasteiger partial charge in [-0.25, -0.2) is 0 Å². The molecular formula is C18H24ClNO. The molecule has 2 aromatic rings. The average Bonchev–Trinajstić information content (AvgIpc) is 2.51. The third-order valence-corrected chi connectivity index (χ3v) is 3.93. The van der Waals surface area contributed by atoms with E-state index in [1.54, 1.807) is 0 Å². The van der Waals surface area contributed by atoms with Crippen molar-refractivity contribution in [3.05, 3.63) is 36.0 Å². The largest absolute Gasteiger partial charge is 0.490 e. The summed E-state index contributed by atoms with van der Waals surface area (Å²) >= 11 is 5.94. The molecule has 114 valence electrons. The maximum Gasteiger partial charge on any atom is 0.130 e. The molecule has 0 fully saturated rings. The first-order valence-electron chi connectivity index (χ1n) is 7.86. The maximum atomic E-state index is 6.15. The Labute approximate surface area is 132 Å². The molecule has 2 nitrogen and oxygen atoms in total. The Kier molecular flexibility index (Phi) is 6.31. The minimum atomic E-state index is 0.218. The van der Waals surface area contributed by atoms with Crippen LogP contribution >= 0.6 is 11.6 Å². The predicted molar refractivity (Wildman–Crippen MR) is 90.1 cm³/mol.